The number of thiophene rings is 1. The Balaban J connectivity index is 1.63. The molecule has 3 heterocycles. The normalized spacial score (nSPS) is 14.5. The van der Waals surface area contributed by atoms with E-state index in [4.69, 9.17) is 4.74 Å². The number of nitrogens with zero attached hydrogens (tertiary/aromatic N) is 3. The molecule has 29 heavy (non-hydrogen) atoms. The SMILES string of the molecule is Cc1ccc(-c2csc3nc(SCC(=O)N4CCOCC4)n(C)c(=O)c23)cc1C. The second-order valence-corrected chi connectivity index (χ2v) is 8.97. The van der Waals surface area contributed by atoms with Crippen molar-refractivity contribution in [3.05, 3.63) is 45.1 Å². The van der Waals surface area contributed by atoms with E-state index in [9.17, 15) is 9.59 Å². The van der Waals surface area contributed by atoms with Crippen LogP contribution in [0.5, 0.6) is 0 Å². The van der Waals surface area contributed by atoms with Gasteiger partial charge >= 0.3 is 0 Å². The lowest BCUT2D eigenvalue weighted by atomic mass is 10.0. The number of fused-ring (bicyclic) bond motifs is 1. The van der Waals surface area contributed by atoms with Crippen molar-refractivity contribution in [1.29, 1.82) is 0 Å². The van der Waals surface area contributed by atoms with Crippen molar-refractivity contribution in [3.8, 4) is 11.1 Å². The summed E-state index contributed by atoms with van der Waals surface area (Å²) < 4.78 is 6.84. The largest absolute Gasteiger partial charge is 0.378 e. The number of hydrogen-bond donors (Lipinski definition) is 0. The number of hydrogen-bond acceptors (Lipinski definition) is 6. The molecule has 0 N–H and O–H groups in total. The van der Waals surface area contributed by atoms with Crippen molar-refractivity contribution in [1.82, 2.24) is 14.5 Å². The molecule has 3 aromatic rings. The average Bonchev–Trinajstić information content (AvgIpc) is 3.16. The van der Waals surface area contributed by atoms with Crippen LogP contribution in [0.15, 0.2) is 33.5 Å². The molecule has 0 atom stereocenters. The first kappa shape index (κ1) is 20.1. The summed E-state index contributed by atoms with van der Waals surface area (Å²) in [5.41, 5.74) is 4.29. The van der Waals surface area contributed by atoms with Crippen molar-refractivity contribution < 1.29 is 9.53 Å². The lowest BCUT2D eigenvalue weighted by molar-refractivity contribution is -0.132. The highest BCUT2D eigenvalue weighted by Crippen LogP contribution is 2.33. The van der Waals surface area contributed by atoms with Crippen LogP contribution in [-0.2, 0) is 16.6 Å². The average molecular weight is 430 g/mol. The van der Waals surface area contributed by atoms with Crippen molar-refractivity contribution >= 4 is 39.2 Å². The van der Waals surface area contributed by atoms with Gasteiger partial charge in [0.15, 0.2) is 5.16 Å². The highest BCUT2D eigenvalue weighted by atomic mass is 32.2. The second-order valence-electron chi connectivity index (χ2n) is 7.17. The first-order valence-corrected chi connectivity index (χ1v) is 11.4. The van der Waals surface area contributed by atoms with Crippen molar-refractivity contribution in [2.24, 2.45) is 7.05 Å². The van der Waals surface area contributed by atoms with E-state index in [0.717, 1.165) is 11.1 Å². The number of carbonyl (C=O) groups is 1. The van der Waals surface area contributed by atoms with E-state index in [2.05, 4.69) is 31.0 Å². The topological polar surface area (TPSA) is 64.4 Å². The minimum Gasteiger partial charge on any atom is -0.378 e. The van der Waals surface area contributed by atoms with E-state index in [1.54, 1.807) is 16.5 Å². The number of aryl methyl sites for hydroxylation is 2. The number of amides is 1. The van der Waals surface area contributed by atoms with E-state index < -0.39 is 0 Å². The molecule has 0 unspecified atom stereocenters. The summed E-state index contributed by atoms with van der Waals surface area (Å²) in [5, 5.41) is 3.21. The highest BCUT2D eigenvalue weighted by Gasteiger charge is 2.20. The second kappa shape index (κ2) is 8.30. The van der Waals surface area contributed by atoms with Crippen LogP contribution < -0.4 is 5.56 Å². The monoisotopic (exact) mass is 429 g/mol. The third-order valence-electron chi connectivity index (χ3n) is 5.28. The predicted octanol–water partition coefficient (Wildman–Crippen LogP) is 3.23. The van der Waals surface area contributed by atoms with E-state index in [1.165, 1.54) is 34.2 Å². The lowest BCUT2D eigenvalue weighted by Crippen LogP contribution is -2.41. The Morgan fingerprint density at radius 1 is 1.24 bits per heavy atom. The van der Waals surface area contributed by atoms with Crippen molar-refractivity contribution in [2.75, 3.05) is 32.1 Å². The van der Waals surface area contributed by atoms with Crippen LogP contribution in [0.3, 0.4) is 0 Å². The van der Waals surface area contributed by atoms with Gasteiger partial charge in [-0.25, -0.2) is 4.98 Å². The maximum absolute atomic E-state index is 13.1. The zero-order valence-corrected chi connectivity index (χ0v) is 18.4. The number of aromatic nitrogens is 2. The number of rotatable bonds is 4. The van der Waals surface area contributed by atoms with Crippen LogP contribution >= 0.6 is 23.1 Å². The smallest absolute Gasteiger partial charge is 0.263 e. The molecule has 0 radical (unpaired) electrons. The zero-order valence-electron chi connectivity index (χ0n) is 16.7. The van der Waals surface area contributed by atoms with E-state index >= 15 is 0 Å². The molecule has 0 aliphatic carbocycles. The van der Waals surface area contributed by atoms with Crippen LogP contribution in [-0.4, -0.2) is 52.4 Å². The Morgan fingerprint density at radius 3 is 2.72 bits per heavy atom. The van der Waals surface area contributed by atoms with Crippen LogP contribution in [0.2, 0.25) is 0 Å². The van der Waals surface area contributed by atoms with E-state index in [-0.39, 0.29) is 17.2 Å². The molecule has 1 aliphatic heterocycles. The summed E-state index contributed by atoms with van der Waals surface area (Å²) in [7, 11) is 1.72. The van der Waals surface area contributed by atoms with Crippen molar-refractivity contribution in [2.45, 2.75) is 19.0 Å². The zero-order chi connectivity index (χ0) is 20.5. The quantitative estimate of drug-likeness (QED) is 0.471. The van der Waals surface area contributed by atoms with Gasteiger partial charge in [-0.1, -0.05) is 30.0 Å². The minimum atomic E-state index is -0.0780. The molecular weight excluding hydrogens is 406 g/mol. The maximum Gasteiger partial charge on any atom is 0.263 e. The predicted molar refractivity (Wildman–Crippen MR) is 118 cm³/mol. The van der Waals surface area contributed by atoms with Gasteiger partial charge in [0.05, 0.1) is 24.4 Å². The van der Waals surface area contributed by atoms with Gasteiger partial charge in [0, 0.05) is 31.1 Å². The molecule has 1 aromatic carbocycles. The summed E-state index contributed by atoms with van der Waals surface area (Å²) in [6.07, 6.45) is 0. The molecule has 4 rings (SSSR count). The van der Waals surface area contributed by atoms with Crippen LogP contribution in [0, 0.1) is 13.8 Å². The minimum absolute atomic E-state index is 0.0506. The van der Waals surface area contributed by atoms with Crippen molar-refractivity contribution in [3.63, 3.8) is 0 Å². The van der Waals surface area contributed by atoms with Gasteiger partial charge in [0.25, 0.3) is 5.56 Å². The molecule has 152 valence electrons. The molecule has 1 amide bonds. The molecule has 0 bridgehead atoms. The summed E-state index contributed by atoms with van der Waals surface area (Å²) in [4.78, 5) is 32.7. The fourth-order valence-corrected chi connectivity index (χ4v) is 5.20. The van der Waals surface area contributed by atoms with Crippen LogP contribution in [0.4, 0.5) is 0 Å². The lowest BCUT2D eigenvalue weighted by Gasteiger charge is -2.26. The standard InChI is InChI=1S/C21H23N3O3S2/c1-13-4-5-15(10-14(13)2)16-11-28-19-18(16)20(26)23(3)21(22-19)29-12-17(25)24-6-8-27-9-7-24/h4-5,10-11H,6-9,12H2,1-3H3. The maximum atomic E-state index is 13.1. The molecule has 1 fully saturated rings. The molecule has 2 aromatic heterocycles. The fourth-order valence-electron chi connectivity index (χ4n) is 3.33. The molecule has 6 nitrogen and oxygen atoms in total. The van der Waals surface area contributed by atoms with Crippen LogP contribution in [0.25, 0.3) is 21.3 Å². The van der Waals surface area contributed by atoms with Gasteiger partial charge in [0.1, 0.15) is 4.83 Å². The molecular formula is C21H23N3O3S2. The highest BCUT2D eigenvalue weighted by molar-refractivity contribution is 7.99. The first-order chi connectivity index (χ1) is 14.0. The summed E-state index contributed by atoms with van der Waals surface area (Å²) in [6.45, 7) is 6.55. The molecule has 8 heteroatoms. The van der Waals surface area contributed by atoms with E-state index in [1.807, 2.05) is 11.4 Å². The molecule has 1 aliphatic rings. The van der Waals surface area contributed by atoms with Gasteiger partial charge < -0.3 is 9.64 Å². The van der Waals surface area contributed by atoms with Gasteiger partial charge in [-0.2, -0.15) is 0 Å². The Bertz CT molecular complexity index is 1130. The number of morpholine rings is 1. The van der Waals surface area contributed by atoms with Crippen LogP contribution in [0.1, 0.15) is 11.1 Å². The first-order valence-electron chi connectivity index (χ1n) is 9.50. The third kappa shape index (κ3) is 3.97. The number of benzene rings is 1. The number of carbonyl (C=O) groups excluding carboxylic acids is 1. The van der Waals surface area contributed by atoms with Gasteiger partial charge in [-0.3, -0.25) is 14.2 Å². The Hall–Kier alpha value is -2.16. The Kier molecular flexibility index (Phi) is 5.76. The Morgan fingerprint density at radius 2 is 2.00 bits per heavy atom. The van der Waals surface area contributed by atoms with Gasteiger partial charge in [0.2, 0.25) is 5.91 Å². The molecule has 0 spiro atoms. The molecule has 1 saturated heterocycles. The number of thioether (sulfide) groups is 1. The van der Waals surface area contributed by atoms with Gasteiger partial charge in [-0.15, -0.1) is 11.3 Å². The van der Waals surface area contributed by atoms with Gasteiger partial charge in [-0.05, 0) is 30.5 Å². The molecule has 0 saturated carbocycles. The Labute approximate surface area is 177 Å². The summed E-state index contributed by atoms with van der Waals surface area (Å²) in [5.74, 6) is 0.316. The fraction of sp³-hybridized carbons (Fsp3) is 0.381. The number of ether oxygens (including phenoxy) is 1. The summed E-state index contributed by atoms with van der Waals surface area (Å²) >= 11 is 2.78. The summed E-state index contributed by atoms with van der Waals surface area (Å²) in [6, 6.07) is 6.24. The third-order valence-corrected chi connectivity index (χ3v) is 7.17. The van der Waals surface area contributed by atoms with E-state index in [0.29, 0.717) is 41.7 Å².